The summed E-state index contributed by atoms with van der Waals surface area (Å²) in [5.74, 6) is -0.191. The molecule has 8 nitrogen and oxygen atoms in total. The Labute approximate surface area is 185 Å². The Morgan fingerprint density at radius 2 is 2.10 bits per heavy atom. The first-order chi connectivity index (χ1) is 14.8. The van der Waals surface area contributed by atoms with Gasteiger partial charge < -0.3 is 19.1 Å². The van der Waals surface area contributed by atoms with Gasteiger partial charge >= 0.3 is 0 Å². The number of hydrogen-bond donors (Lipinski definition) is 0. The second-order valence-electron chi connectivity index (χ2n) is 8.00. The number of nitrogens with zero attached hydrogens (tertiary/aromatic N) is 5. The average molecular weight is 450 g/mol. The van der Waals surface area contributed by atoms with Crippen molar-refractivity contribution in [2.75, 3.05) is 31.9 Å². The highest BCUT2D eigenvalue weighted by molar-refractivity contribution is 7.99. The van der Waals surface area contributed by atoms with Crippen molar-refractivity contribution < 1.29 is 18.7 Å². The van der Waals surface area contributed by atoms with E-state index in [0.717, 1.165) is 0 Å². The molecule has 1 saturated heterocycles. The maximum Gasteiger partial charge on any atom is 0.242 e. The Bertz CT molecular complexity index is 907. The minimum Gasteiger partial charge on any atom is -0.370 e. The van der Waals surface area contributed by atoms with Crippen molar-refractivity contribution in [3.63, 3.8) is 0 Å². The first-order valence-corrected chi connectivity index (χ1v) is 11.2. The van der Waals surface area contributed by atoms with Crippen LogP contribution in [0.5, 0.6) is 0 Å². The molecule has 1 aliphatic rings. The van der Waals surface area contributed by atoms with Crippen molar-refractivity contribution >= 4 is 23.6 Å². The number of carbonyl (C=O) groups excluding carboxylic acids is 2. The summed E-state index contributed by atoms with van der Waals surface area (Å²) in [5.41, 5.74) is 0.448. The Morgan fingerprint density at radius 3 is 2.77 bits per heavy atom. The number of aryl methyl sites for hydroxylation is 1. The van der Waals surface area contributed by atoms with Crippen LogP contribution in [0.25, 0.3) is 0 Å². The highest BCUT2D eigenvalue weighted by atomic mass is 32.2. The lowest BCUT2D eigenvalue weighted by Gasteiger charge is -2.26. The van der Waals surface area contributed by atoms with Gasteiger partial charge in [-0.05, 0) is 12.0 Å². The van der Waals surface area contributed by atoms with E-state index in [1.807, 2.05) is 13.8 Å². The van der Waals surface area contributed by atoms with E-state index in [0.29, 0.717) is 23.8 Å². The fraction of sp³-hybridized carbons (Fsp3) is 0.524. The van der Waals surface area contributed by atoms with Gasteiger partial charge in [0.15, 0.2) is 5.16 Å². The Hall–Kier alpha value is -2.46. The van der Waals surface area contributed by atoms with Gasteiger partial charge in [0.2, 0.25) is 11.8 Å². The van der Waals surface area contributed by atoms with Crippen LogP contribution in [0, 0.1) is 11.7 Å². The number of rotatable bonds is 8. The van der Waals surface area contributed by atoms with Crippen molar-refractivity contribution in [1.82, 2.24) is 24.6 Å². The molecule has 1 aromatic heterocycles. The summed E-state index contributed by atoms with van der Waals surface area (Å²) in [6, 6.07) is 6.44. The Kier molecular flexibility index (Phi) is 8.03. The van der Waals surface area contributed by atoms with Gasteiger partial charge in [-0.2, -0.15) is 0 Å². The molecule has 2 amide bonds. The van der Waals surface area contributed by atoms with Gasteiger partial charge in [0.1, 0.15) is 12.1 Å². The smallest absolute Gasteiger partial charge is 0.242 e. The molecule has 2 aromatic rings. The molecule has 10 heteroatoms. The number of amides is 2. The van der Waals surface area contributed by atoms with Crippen LogP contribution in [0.4, 0.5) is 4.39 Å². The molecule has 168 valence electrons. The third kappa shape index (κ3) is 6.51. The van der Waals surface area contributed by atoms with Crippen LogP contribution in [-0.2, 0) is 28.0 Å². The molecular formula is C21H28FN5O3S. The molecule has 0 bridgehead atoms. The molecule has 3 rings (SSSR count). The molecule has 0 radical (unpaired) electrons. The second kappa shape index (κ2) is 10.7. The molecule has 1 aliphatic heterocycles. The summed E-state index contributed by atoms with van der Waals surface area (Å²) in [6.07, 6.45) is 1.16. The lowest BCUT2D eigenvalue weighted by atomic mass is 10.2. The van der Waals surface area contributed by atoms with Crippen LogP contribution in [0.3, 0.4) is 0 Å². The molecule has 1 atom stereocenters. The van der Waals surface area contributed by atoms with E-state index in [2.05, 4.69) is 10.2 Å². The number of benzene rings is 1. The van der Waals surface area contributed by atoms with Crippen molar-refractivity contribution in [2.24, 2.45) is 13.0 Å². The molecule has 0 saturated carbocycles. The third-order valence-corrected chi connectivity index (χ3v) is 5.91. The number of halogens is 1. The minimum atomic E-state index is -0.409. The van der Waals surface area contributed by atoms with Gasteiger partial charge in [0.25, 0.3) is 0 Å². The lowest BCUT2D eigenvalue weighted by molar-refractivity contribution is -0.137. The van der Waals surface area contributed by atoms with E-state index in [4.69, 9.17) is 4.74 Å². The number of thioether (sulfide) groups is 1. The van der Waals surface area contributed by atoms with Crippen LogP contribution in [-0.4, -0.2) is 74.4 Å². The molecule has 0 spiro atoms. The molecular weight excluding hydrogens is 421 g/mol. The minimum absolute atomic E-state index is 0.00445. The van der Waals surface area contributed by atoms with Crippen LogP contribution in [0.15, 0.2) is 35.7 Å². The second-order valence-corrected chi connectivity index (χ2v) is 8.95. The van der Waals surface area contributed by atoms with Gasteiger partial charge in [-0.1, -0.05) is 43.8 Å². The number of aromatic nitrogens is 3. The standard InChI is InChI=1S/C21H28FN5O3S/c1-15(2)8-26-9-17(30-12-16-6-4-5-7-18(16)22)10-27(11-19(26)28)20(29)13-31-21-24-23-14-25(21)3/h4-7,14-15,17H,8-13H2,1-3H3. The van der Waals surface area contributed by atoms with Gasteiger partial charge in [-0.3, -0.25) is 9.59 Å². The zero-order valence-corrected chi connectivity index (χ0v) is 18.8. The number of carbonyl (C=O) groups is 2. The van der Waals surface area contributed by atoms with E-state index in [1.54, 1.807) is 41.0 Å². The summed E-state index contributed by atoms with van der Waals surface area (Å²) in [5, 5.41) is 8.40. The normalized spacial score (nSPS) is 17.3. The molecule has 0 aliphatic carbocycles. The maximum absolute atomic E-state index is 14.0. The molecule has 1 unspecified atom stereocenters. The summed E-state index contributed by atoms with van der Waals surface area (Å²) >= 11 is 1.27. The van der Waals surface area contributed by atoms with Crippen LogP contribution in [0.2, 0.25) is 0 Å². The molecule has 0 N–H and O–H groups in total. The van der Waals surface area contributed by atoms with E-state index >= 15 is 0 Å². The zero-order chi connectivity index (χ0) is 22.4. The van der Waals surface area contributed by atoms with Crippen molar-refractivity contribution in [1.29, 1.82) is 0 Å². The Balaban J connectivity index is 1.68. The van der Waals surface area contributed by atoms with Crippen LogP contribution >= 0.6 is 11.8 Å². The highest BCUT2D eigenvalue weighted by Gasteiger charge is 2.31. The number of ether oxygens (including phenoxy) is 1. The summed E-state index contributed by atoms with van der Waals surface area (Å²) < 4.78 is 21.7. The van der Waals surface area contributed by atoms with E-state index in [-0.39, 0.29) is 49.0 Å². The SMILES string of the molecule is CC(C)CN1CC(OCc2ccccc2F)CN(C(=O)CSc2nncn2C)CC1=O. The average Bonchev–Trinajstić information content (AvgIpc) is 3.07. The predicted molar refractivity (Wildman–Crippen MR) is 115 cm³/mol. The van der Waals surface area contributed by atoms with Gasteiger partial charge in [0.05, 0.1) is 25.0 Å². The summed E-state index contributed by atoms with van der Waals surface area (Å²) in [4.78, 5) is 28.9. The number of hydrogen-bond acceptors (Lipinski definition) is 6. The van der Waals surface area contributed by atoms with Crippen LogP contribution < -0.4 is 0 Å². The van der Waals surface area contributed by atoms with Crippen molar-refractivity contribution in [3.8, 4) is 0 Å². The zero-order valence-electron chi connectivity index (χ0n) is 18.0. The first-order valence-electron chi connectivity index (χ1n) is 10.2. The first kappa shape index (κ1) is 23.2. The fourth-order valence-electron chi connectivity index (χ4n) is 3.34. The predicted octanol–water partition coefficient (Wildman–Crippen LogP) is 1.96. The van der Waals surface area contributed by atoms with Gasteiger partial charge in [0, 0.05) is 32.2 Å². The highest BCUT2D eigenvalue weighted by Crippen LogP contribution is 2.18. The summed E-state index contributed by atoms with van der Waals surface area (Å²) in [6.45, 7) is 5.37. The third-order valence-electron chi connectivity index (χ3n) is 4.89. The van der Waals surface area contributed by atoms with E-state index in [1.165, 1.54) is 22.7 Å². The molecule has 31 heavy (non-hydrogen) atoms. The van der Waals surface area contributed by atoms with E-state index < -0.39 is 6.10 Å². The van der Waals surface area contributed by atoms with Crippen molar-refractivity contribution in [2.45, 2.75) is 31.7 Å². The van der Waals surface area contributed by atoms with Crippen LogP contribution in [0.1, 0.15) is 19.4 Å². The monoisotopic (exact) mass is 449 g/mol. The largest absolute Gasteiger partial charge is 0.370 e. The quantitative estimate of drug-likeness (QED) is 0.573. The van der Waals surface area contributed by atoms with Gasteiger partial charge in [-0.15, -0.1) is 10.2 Å². The van der Waals surface area contributed by atoms with Crippen molar-refractivity contribution in [3.05, 3.63) is 42.0 Å². The van der Waals surface area contributed by atoms with E-state index in [9.17, 15) is 14.0 Å². The summed E-state index contributed by atoms with van der Waals surface area (Å²) in [7, 11) is 1.80. The maximum atomic E-state index is 14.0. The lowest BCUT2D eigenvalue weighted by Crippen LogP contribution is -2.41. The molecule has 2 heterocycles. The molecule has 1 fully saturated rings. The van der Waals surface area contributed by atoms with Gasteiger partial charge in [-0.25, -0.2) is 4.39 Å². The molecule has 1 aromatic carbocycles. The Morgan fingerprint density at radius 1 is 1.32 bits per heavy atom. The fourth-order valence-corrected chi connectivity index (χ4v) is 4.13. The topological polar surface area (TPSA) is 80.6 Å².